The maximum absolute atomic E-state index is 2.34. The first-order valence-corrected chi connectivity index (χ1v) is 7.90. The van der Waals surface area contributed by atoms with Gasteiger partial charge >= 0.3 is 0 Å². The van der Waals surface area contributed by atoms with Crippen LogP contribution in [-0.4, -0.2) is 0 Å². The minimum Gasteiger partial charge on any atom is -0.0654 e. The number of rotatable bonds is 3. The molecule has 2 rings (SSSR count). The lowest BCUT2D eigenvalue weighted by atomic mass is 9.90. The van der Waals surface area contributed by atoms with Crippen LogP contribution < -0.4 is 0 Å². The van der Waals surface area contributed by atoms with Crippen molar-refractivity contribution in [3.8, 4) is 0 Å². The Bertz CT molecular complexity index is 184. The van der Waals surface area contributed by atoms with Gasteiger partial charge in [0.05, 0.1) is 0 Å². The third-order valence-corrected chi connectivity index (χ3v) is 4.92. The van der Waals surface area contributed by atoms with Crippen LogP contribution in [-0.2, 0) is 0 Å². The van der Waals surface area contributed by atoms with E-state index in [0.29, 0.717) is 0 Å². The molecule has 0 amide bonds. The predicted molar refractivity (Wildman–Crippen MR) is 71.5 cm³/mol. The molecular weight excluding hydrogens is 192 g/mol. The molecular formula is C16H30. The van der Waals surface area contributed by atoms with E-state index in [4.69, 9.17) is 0 Å². The lowest BCUT2D eigenvalue weighted by Crippen LogP contribution is -2.01. The Morgan fingerprint density at radius 3 is 2.38 bits per heavy atom. The van der Waals surface area contributed by atoms with Gasteiger partial charge in [-0.15, -0.1) is 0 Å². The smallest absolute Gasteiger partial charge is 0.0383 e. The third-order valence-electron chi connectivity index (χ3n) is 4.92. The molecule has 0 heteroatoms. The Hall–Kier alpha value is 0. The van der Waals surface area contributed by atoms with Gasteiger partial charge in [0, 0.05) is 0 Å². The van der Waals surface area contributed by atoms with Crippen LogP contribution in [0.3, 0.4) is 0 Å². The van der Waals surface area contributed by atoms with Crippen molar-refractivity contribution < 1.29 is 0 Å². The van der Waals surface area contributed by atoms with Crippen LogP contribution in [0.1, 0.15) is 84.0 Å². The van der Waals surface area contributed by atoms with Crippen LogP contribution in [0.15, 0.2) is 0 Å². The molecule has 0 saturated heterocycles. The van der Waals surface area contributed by atoms with Gasteiger partial charge in [0.25, 0.3) is 0 Å². The molecule has 0 bridgehead atoms. The molecule has 0 heterocycles. The highest BCUT2D eigenvalue weighted by Crippen LogP contribution is 2.46. The van der Waals surface area contributed by atoms with Gasteiger partial charge in [-0.25, -0.2) is 0 Å². The normalized spacial score (nSPS) is 36.2. The second-order valence-corrected chi connectivity index (χ2v) is 6.33. The Kier molecular flexibility index (Phi) is 5.19. The highest BCUT2D eigenvalue weighted by Gasteiger charge is 2.35. The van der Waals surface area contributed by atoms with E-state index in [-0.39, 0.29) is 0 Å². The summed E-state index contributed by atoms with van der Waals surface area (Å²) in [5.74, 6) is 3.39. The first kappa shape index (κ1) is 12.5. The standard InChI is InChI=1S/C16H30/c1-2-3-8-14-9-6-4-5-7-10-15-13-16(15)12-11-14/h14-16H,2-13H2,1H3. The minimum absolute atomic E-state index is 1.08. The zero-order chi connectivity index (χ0) is 11.2. The zero-order valence-corrected chi connectivity index (χ0v) is 11.2. The topological polar surface area (TPSA) is 0 Å². The van der Waals surface area contributed by atoms with Crippen molar-refractivity contribution in [2.75, 3.05) is 0 Å². The molecule has 2 saturated carbocycles. The van der Waals surface area contributed by atoms with Gasteiger partial charge in [0.1, 0.15) is 0 Å². The Labute approximate surface area is 102 Å². The van der Waals surface area contributed by atoms with Gasteiger partial charge in [0.2, 0.25) is 0 Å². The summed E-state index contributed by atoms with van der Waals surface area (Å²) in [6.45, 7) is 2.34. The minimum atomic E-state index is 1.08. The molecule has 16 heavy (non-hydrogen) atoms. The molecule has 0 aromatic heterocycles. The number of fused-ring (bicyclic) bond motifs is 1. The molecule has 2 fully saturated rings. The summed E-state index contributed by atoms with van der Waals surface area (Å²) in [5.41, 5.74) is 0. The number of unbranched alkanes of at least 4 members (excludes halogenated alkanes) is 1. The molecule has 0 aliphatic heterocycles. The summed E-state index contributed by atoms with van der Waals surface area (Å²) in [7, 11) is 0. The van der Waals surface area contributed by atoms with Crippen LogP contribution >= 0.6 is 0 Å². The van der Waals surface area contributed by atoms with Gasteiger partial charge in [0.15, 0.2) is 0 Å². The zero-order valence-electron chi connectivity index (χ0n) is 11.2. The molecule has 0 spiro atoms. The second-order valence-electron chi connectivity index (χ2n) is 6.33. The molecule has 0 N–H and O–H groups in total. The van der Waals surface area contributed by atoms with Crippen molar-refractivity contribution in [1.29, 1.82) is 0 Å². The van der Waals surface area contributed by atoms with E-state index >= 15 is 0 Å². The van der Waals surface area contributed by atoms with Crippen LogP contribution in [0.5, 0.6) is 0 Å². The van der Waals surface area contributed by atoms with E-state index in [2.05, 4.69) is 6.92 Å². The maximum atomic E-state index is 2.34. The van der Waals surface area contributed by atoms with Crippen LogP contribution in [0.2, 0.25) is 0 Å². The summed E-state index contributed by atoms with van der Waals surface area (Å²) in [4.78, 5) is 0. The molecule has 3 atom stereocenters. The van der Waals surface area contributed by atoms with Gasteiger partial charge in [-0.1, -0.05) is 71.1 Å². The fraction of sp³-hybridized carbons (Fsp3) is 1.00. The van der Waals surface area contributed by atoms with Crippen LogP contribution in [0.4, 0.5) is 0 Å². The van der Waals surface area contributed by atoms with Crippen molar-refractivity contribution >= 4 is 0 Å². The third kappa shape index (κ3) is 4.11. The Morgan fingerprint density at radius 1 is 0.812 bits per heavy atom. The average Bonchev–Trinajstić information content (AvgIpc) is 3.03. The summed E-state index contributed by atoms with van der Waals surface area (Å²) in [6, 6.07) is 0. The van der Waals surface area contributed by atoms with Crippen molar-refractivity contribution in [3.63, 3.8) is 0 Å². The monoisotopic (exact) mass is 222 g/mol. The molecule has 3 unspecified atom stereocenters. The highest BCUT2D eigenvalue weighted by atomic mass is 14.4. The summed E-state index contributed by atoms with van der Waals surface area (Å²) >= 11 is 0. The first-order valence-electron chi connectivity index (χ1n) is 7.90. The number of hydrogen-bond acceptors (Lipinski definition) is 0. The molecule has 0 aromatic rings. The SMILES string of the molecule is CCCCC1CCCCCCC2CC2CC1. The van der Waals surface area contributed by atoms with Gasteiger partial charge in [-0.3, -0.25) is 0 Å². The Morgan fingerprint density at radius 2 is 1.56 bits per heavy atom. The molecule has 0 aromatic carbocycles. The molecule has 94 valence electrons. The number of hydrogen-bond donors (Lipinski definition) is 0. The highest BCUT2D eigenvalue weighted by molar-refractivity contribution is 4.86. The lowest BCUT2D eigenvalue weighted by Gasteiger charge is -2.16. The Balaban J connectivity index is 1.73. The molecule has 2 aliphatic carbocycles. The fourth-order valence-corrected chi connectivity index (χ4v) is 3.59. The molecule has 0 nitrogen and oxygen atoms in total. The van der Waals surface area contributed by atoms with Crippen LogP contribution in [0.25, 0.3) is 0 Å². The van der Waals surface area contributed by atoms with Gasteiger partial charge in [-0.05, 0) is 30.6 Å². The van der Waals surface area contributed by atoms with Crippen molar-refractivity contribution in [2.45, 2.75) is 84.0 Å². The average molecular weight is 222 g/mol. The van der Waals surface area contributed by atoms with E-state index in [1.54, 1.807) is 25.7 Å². The predicted octanol–water partition coefficient (Wildman–Crippen LogP) is 5.56. The van der Waals surface area contributed by atoms with Crippen molar-refractivity contribution in [2.24, 2.45) is 17.8 Å². The molecule has 2 aliphatic rings. The van der Waals surface area contributed by atoms with Crippen molar-refractivity contribution in [3.05, 3.63) is 0 Å². The largest absolute Gasteiger partial charge is 0.0654 e. The van der Waals surface area contributed by atoms with E-state index in [1.165, 1.54) is 51.4 Å². The quantitative estimate of drug-likeness (QED) is 0.586. The fourth-order valence-electron chi connectivity index (χ4n) is 3.59. The lowest BCUT2D eigenvalue weighted by molar-refractivity contribution is 0.372. The second kappa shape index (κ2) is 6.67. The van der Waals surface area contributed by atoms with E-state index in [0.717, 1.165) is 17.8 Å². The molecule has 0 radical (unpaired) electrons. The van der Waals surface area contributed by atoms with Gasteiger partial charge < -0.3 is 0 Å². The summed E-state index contributed by atoms with van der Waals surface area (Å²) in [6.07, 6.45) is 18.3. The van der Waals surface area contributed by atoms with E-state index in [9.17, 15) is 0 Å². The van der Waals surface area contributed by atoms with E-state index < -0.39 is 0 Å². The first-order chi connectivity index (χ1) is 7.90. The maximum Gasteiger partial charge on any atom is -0.0383 e. The van der Waals surface area contributed by atoms with Crippen molar-refractivity contribution in [1.82, 2.24) is 0 Å². The summed E-state index contributed by atoms with van der Waals surface area (Å²) < 4.78 is 0. The van der Waals surface area contributed by atoms with Gasteiger partial charge in [-0.2, -0.15) is 0 Å². The summed E-state index contributed by atoms with van der Waals surface area (Å²) in [5, 5.41) is 0. The van der Waals surface area contributed by atoms with Crippen LogP contribution in [0, 0.1) is 17.8 Å². The van der Waals surface area contributed by atoms with E-state index in [1.807, 2.05) is 0 Å².